The Morgan fingerprint density at radius 1 is 1.45 bits per heavy atom. The van der Waals surface area contributed by atoms with Crippen LogP contribution in [0.25, 0.3) is 0 Å². The Balaban J connectivity index is 2.27. The van der Waals surface area contributed by atoms with Crippen LogP contribution < -0.4 is 11.1 Å². The number of rotatable bonds is 3. The average Bonchev–Trinajstić information content (AvgIpc) is 2.86. The van der Waals surface area contributed by atoms with Crippen molar-refractivity contribution >= 4 is 34.9 Å². The second kappa shape index (κ2) is 5.62. The maximum absolute atomic E-state index is 12.0. The number of nitrogen functional groups attached to an aromatic ring is 1. The van der Waals surface area contributed by atoms with Gasteiger partial charge in [0.1, 0.15) is 5.69 Å². The van der Waals surface area contributed by atoms with Crippen LogP contribution in [0.15, 0.2) is 24.4 Å². The van der Waals surface area contributed by atoms with Gasteiger partial charge in [0.15, 0.2) is 0 Å². The summed E-state index contributed by atoms with van der Waals surface area (Å²) in [5, 5.41) is 8.94. The van der Waals surface area contributed by atoms with Crippen LogP contribution in [0.4, 0.5) is 11.4 Å². The van der Waals surface area contributed by atoms with E-state index in [9.17, 15) is 9.59 Å². The number of halogens is 1. The van der Waals surface area contributed by atoms with E-state index in [1.54, 1.807) is 0 Å². The molecule has 0 saturated heterocycles. The monoisotopic (exact) mass is 294 g/mol. The lowest BCUT2D eigenvalue weighted by Gasteiger charge is -2.08. The molecule has 0 saturated carbocycles. The summed E-state index contributed by atoms with van der Waals surface area (Å²) in [7, 11) is 1.26. The molecule has 1 heterocycles. The van der Waals surface area contributed by atoms with E-state index in [1.807, 2.05) is 0 Å². The first-order chi connectivity index (χ1) is 9.52. The van der Waals surface area contributed by atoms with Gasteiger partial charge in [-0.15, -0.1) is 0 Å². The summed E-state index contributed by atoms with van der Waals surface area (Å²) in [6, 6.07) is 4.40. The molecule has 2 aromatic rings. The van der Waals surface area contributed by atoms with Crippen molar-refractivity contribution in [3.63, 3.8) is 0 Å². The standard InChI is InChI=1S/C12H11ClN4O3/c1-20-12(19)6-2-3-7(13)9(4-6)16-11(18)10-8(14)5-15-17-10/h2-5H,14H2,1H3,(H,15,17)(H,16,18). The molecular formula is C12H11ClN4O3. The number of carbonyl (C=O) groups is 2. The fraction of sp³-hybridized carbons (Fsp3) is 0.0833. The predicted octanol–water partition coefficient (Wildman–Crippen LogP) is 1.68. The molecule has 0 aliphatic carbocycles. The first-order valence-electron chi connectivity index (χ1n) is 5.51. The Kier molecular flexibility index (Phi) is 3.90. The van der Waals surface area contributed by atoms with Gasteiger partial charge in [0, 0.05) is 0 Å². The molecule has 7 nitrogen and oxygen atoms in total. The van der Waals surface area contributed by atoms with E-state index >= 15 is 0 Å². The fourth-order valence-corrected chi connectivity index (χ4v) is 1.69. The number of benzene rings is 1. The second-order valence-electron chi connectivity index (χ2n) is 3.84. The summed E-state index contributed by atoms with van der Waals surface area (Å²) in [4.78, 5) is 23.4. The Bertz CT molecular complexity index is 668. The molecule has 0 radical (unpaired) electrons. The Labute approximate surface area is 119 Å². The van der Waals surface area contributed by atoms with Gasteiger partial charge in [-0.3, -0.25) is 9.89 Å². The Morgan fingerprint density at radius 3 is 2.80 bits per heavy atom. The molecule has 104 valence electrons. The number of hydrogen-bond acceptors (Lipinski definition) is 5. The first kappa shape index (κ1) is 13.9. The highest BCUT2D eigenvalue weighted by Crippen LogP contribution is 2.24. The summed E-state index contributed by atoms with van der Waals surface area (Å²) < 4.78 is 4.60. The molecule has 0 fully saturated rings. The normalized spacial score (nSPS) is 10.1. The molecule has 0 spiro atoms. The van der Waals surface area contributed by atoms with Gasteiger partial charge < -0.3 is 15.8 Å². The molecule has 4 N–H and O–H groups in total. The number of aromatic nitrogens is 2. The van der Waals surface area contributed by atoms with Crippen molar-refractivity contribution < 1.29 is 14.3 Å². The summed E-state index contributed by atoms with van der Waals surface area (Å²) in [6.45, 7) is 0. The van der Waals surface area contributed by atoms with Crippen LogP contribution in [0.2, 0.25) is 5.02 Å². The molecule has 0 aliphatic heterocycles. The molecule has 8 heteroatoms. The van der Waals surface area contributed by atoms with E-state index in [4.69, 9.17) is 17.3 Å². The Hall–Kier alpha value is -2.54. The van der Waals surface area contributed by atoms with E-state index in [1.165, 1.54) is 31.5 Å². The van der Waals surface area contributed by atoms with Crippen LogP contribution >= 0.6 is 11.6 Å². The van der Waals surface area contributed by atoms with Crippen LogP contribution in [-0.4, -0.2) is 29.2 Å². The van der Waals surface area contributed by atoms with Crippen LogP contribution in [-0.2, 0) is 4.74 Å². The maximum atomic E-state index is 12.0. The highest BCUT2D eigenvalue weighted by Gasteiger charge is 2.15. The Morgan fingerprint density at radius 2 is 2.20 bits per heavy atom. The largest absolute Gasteiger partial charge is 0.465 e. The van der Waals surface area contributed by atoms with Crippen LogP contribution in [0, 0.1) is 0 Å². The van der Waals surface area contributed by atoms with E-state index in [2.05, 4.69) is 20.3 Å². The minimum Gasteiger partial charge on any atom is -0.465 e. The van der Waals surface area contributed by atoms with E-state index in [-0.39, 0.29) is 27.7 Å². The smallest absolute Gasteiger partial charge is 0.337 e. The van der Waals surface area contributed by atoms with Crippen LogP contribution in [0.3, 0.4) is 0 Å². The molecular weight excluding hydrogens is 284 g/mol. The molecule has 0 unspecified atom stereocenters. The van der Waals surface area contributed by atoms with Gasteiger partial charge in [-0.2, -0.15) is 5.10 Å². The number of amides is 1. The minimum atomic E-state index is -0.529. The van der Waals surface area contributed by atoms with Crippen LogP contribution in [0.1, 0.15) is 20.8 Å². The number of nitrogens with zero attached hydrogens (tertiary/aromatic N) is 1. The number of ether oxygens (including phenoxy) is 1. The van der Waals surface area contributed by atoms with Gasteiger partial charge in [-0.25, -0.2) is 4.79 Å². The van der Waals surface area contributed by atoms with Gasteiger partial charge in [0.2, 0.25) is 0 Å². The number of carbonyl (C=O) groups excluding carboxylic acids is 2. The highest BCUT2D eigenvalue weighted by atomic mass is 35.5. The van der Waals surface area contributed by atoms with Gasteiger partial charge in [0.25, 0.3) is 5.91 Å². The summed E-state index contributed by atoms with van der Waals surface area (Å²) in [5.41, 5.74) is 6.44. The quantitative estimate of drug-likeness (QED) is 0.746. The zero-order valence-electron chi connectivity index (χ0n) is 10.4. The lowest BCUT2D eigenvalue weighted by Crippen LogP contribution is -2.15. The third-order valence-electron chi connectivity index (χ3n) is 2.53. The highest BCUT2D eigenvalue weighted by molar-refractivity contribution is 6.34. The lowest BCUT2D eigenvalue weighted by molar-refractivity contribution is 0.0600. The summed E-state index contributed by atoms with van der Waals surface area (Å²) >= 11 is 5.97. The van der Waals surface area contributed by atoms with E-state index < -0.39 is 11.9 Å². The average molecular weight is 295 g/mol. The molecule has 0 bridgehead atoms. The molecule has 1 amide bonds. The van der Waals surface area contributed by atoms with Crippen molar-refractivity contribution in [2.45, 2.75) is 0 Å². The number of hydrogen-bond donors (Lipinski definition) is 3. The molecule has 1 aromatic heterocycles. The van der Waals surface area contributed by atoms with Crippen molar-refractivity contribution in [1.29, 1.82) is 0 Å². The van der Waals surface area contributed by atoms with Crippen molar-refractivity contribution in [1.82, 2.24) is 10.2 Å². The van der Waals surface area contributed by atoms with Crippen molar-refractivity contribution in [3.05, 3.63) is 40.7 Å². The van der Waals surface area contributed by atoms with Crippen molar-refractivity contribution in [3.8, 4) is 0 Å². The summed E-state index contributed by atoms with van der Waals surface area (Å²) in [6.07, 6.45) is 1.32. The lowest BCUT2D eigenvalue weighted by atomic mass is 10.2. The van der Waals surface area contributed by atoms with Gasteiger partial charge in [0.05, 0.1) is 35.3 Å². The number of anilines is 2. The minimum absolute atomic E-state index is 0.115. The van der Waals surface area contributed by atoms with E-state index in [0.29, 0.717) is 0 Å². The fourth-order valence-electron chi connectivity index (χ4n) is 1.53. The number of aromatic amines is 1. The van der Waals surface area contributed by atoms with Gasteiger partial charge in [-0.05, 0) is 18.2 Å². The number of esters is 1. The molecule has 1 aromatic carbocycles. The number of nitrogens with one attached hydrogen (secondary N) is 2. The van der Waals surface area contributed by atoms with E-state index in [0.717, 1.165) is 0 Å². The van der Waals surface area contributed by atoms with Crippen molar-refractivity contribution in [2.75, 3.05) is 18.2 Å². The second-order valence-corrected chi connectivity index (χ2v) is 4.25. The molecule has 0 aliphatic rings. The maximum Gasteiger partial charge on any atom is 0.337 e. The number of methoxy groups -OCH3 is 1. The number of H-pyrrole nitrogens is 1. The van der Waals surface area contributed by atoms with Crippen LogP contribution in [0.5, 0.6) is 0 Å². The third kappa shape index (κ3) is 2.72. The number of nitrogens with two attached hydrogens (primary N) is 1. The molecule has 0 atom stereocenters. The van der Waals surface area contributed by atoms with Gasteiger partial charge in [-0.1, -0.05) is 11.6 Å². The van der Waals surface area contributed by atoms with Gasteiger partial charge >= 0.3 is 5.97 Å². The third-order valence-corrected chi connectivity index (χ3v) is 2.86. The molecule has 2 rings (SSSR count). The topological polar surface area (TPSA) is 110 Å². The zero-order valence-corrected chi connectivity index (χ0v) is 11.2. The van der Waals surface area contributed by atoms with Crippen molar-refractivity contribution in [2.24, 2.45) is 0 Å². The summed E-state index contributed by atoms with van der Waals surface area (Å²) in [5.74, 6) is -1.04. The first-order valence-corrected chi connectivity index (χ1v) is 5.88. The zero-order chi connectivity index (χ0) is 14.7. The predicted molar refractivity (Wildman–Crippen MR) is 73.7 cm³/mol. The molecule has 20 heavy (non-hydrogen) atoms. The SMILES string of the molecule is COC(=O)c1ccc(Cl)c(NC(=O)c2[nH]ncc2N)c1.